The average molecular weight is 437 g/mol. The van der Waals surface area contributed by atoms with Crippen molar-refractivity contribution in [3.8, 4) is 5.82 Å². The van der Waals surface area contributed by atoms with Gasteiger partial charge in [0, 0.05) is 24.8 Å². The summed E-state index contributed by atoms with van der Waals surface area (Å²) in [6.45, 7) is 4.11. The van der Waals surface area contributed by atoms with Crippen molar-refractivity contribution < 1.29 is 18.0 Å². The molecule has 9 heteroatoms. The Hall–Kier alpha value is -2.87. The van der Waals surface area contributed by atoms with Crippen LogP contribution in [-0.4, -0.2) is 32.6 Å². The molecule has 5 nitrogen and oxygen atoms in total. The van der Waals surface area contributed by atoms with Crippen molar-refractivity contribution in [2.75, 3.05) is 7.05 Å². The lowest BCUT2D eigenvalue weighted by atomic mass is 10.0. The fraction of sp³-hybridized carbons (Fsp3) is 0.286. The van der Waals surface area contributed by atoms with E-state index in [0.29, 0.717) is 22.8 Å². The second-order valence-corrected chi connectivity index (χ2v) is 7.64. The van der Waals surface area contributed by atoms with E-state index in [-0.39, 0.29) is 17.6 Å². The highest BCUT2D eigenvalue weighted by Crippen LogP contribution is 2.29. The standard InChI is InChI=1S/C21H20ClF3N4O/c1-13(2)19-17(20(30)28(3)12-14-5-4-6-16(22)9-14)11-27-29(19)18-8-7-15(10-26-18)21(23,24)25/h4-11,13H,12H2,1-3H3. The molecular weight excluding hydrogens is 417 g/mol. The third-order valence-corrected chi connectivity index (χ3v) is 4.77. The monoisotopic (exact) mass is 436 g/mol. The molecule has 0 saturated heterocycles. The quantitative estimate of drug-likeness (QED) is 0.542. The first-order valence-electron chi connectivity index (χ1n) is 9.19. The fourth-order valence-electron chi connectivity index (χ4n) is 3.13. The predicted octanol–water partition coefficient (Wildman–Crippen LogP) is 5.34. The molecule has 0 spiro atoms. The molecular formula is C21H20ClF3N4O. The molecule has 0 unspecified atom stereocenters. The number of hydrogen-bond donors (Lipinski definition) is 0. The third kappa shape index (κ3) is 4.64. The van der Waals surface area contributed by atoms with Crippen molar-refractivity contribution in [2.24, 2.45) is 0 Å². The van der Waals surface area contributed by atoms with E-state index in [1.165, 1.54) is 16.9 Å². The molecule has 0 atom stereocenters. The second-order valence-electron chi connectivity index (χ2n) is 7.20. The number of halogens is 4. The van der Waals surface area contributed by atoms with Gasteiger partial charge in [0.1, 0.15) is 0 Å². The Morgan fingerprint density at radius 3 is 2.50 bits per heavy atom. The molecule has 30 heavy (non-hydrogen) atoms. The van der Waals surface area contributed by atoms with Crippen molar-refractivity contribution in [1.29, 1.82) is 0 Å². The van der Waals surface area contributed by atoms with Crippen molar-refractivity contribution >= 4 is 17.5 Å². The van der Waals surface area contributed by atoms with Crippen molar-refractivity contribution in [2.45, 2.75) is 32.5 Å². The van der Waals surface area contributed by atoms with E-state index < -0.39 is 11.7 Å². The third-order valence-electron chi connectivity index (χ3n) is 4.53. The summed E-state index contributed by atoms with van der Waals surface area (Å²) in [5, 5.41) is 4.81. The number of amides is 1. The lowest BCUT2D eigenvalue weighted by Gasteiger charge is -2.19. The van der Waals surface area contributed by atoms with Gasteiger partial charge in [-0.05, 0) is 35.7 Å². The van der Waals surface area contributed by atoms with Gasteiger partial charge in [-0.2, -0.15) is 18.3 Å². The van der Waals surface area contributed by atoms with Gasteiger partial charge >= 0.3 is 6.18 Å². The molecule has 1 amide bonds. The summed E-state index contributed by atoms with van der Waals surface area (Å²) in [6.07, 6.45) is -2.29. The van der Waals surface area contributed by atoms with Gasteiger partial charge in [0.25, 0.3) is 5.91 Å². The van der Waals surface area contributed by atoms with Crippen LogP contribution in [0.25, 0.3) is 5.82 Å². The summed E-state index contributed by atoms with van der Waals surface area (Å²) >= 11 is 6.01. The molecule has 3 rings (SSSR count). The highest BCUT2D eigenvalue weighted by atomic mass is 35.5. The Balaban J connectivity index is 1.91. The summed E-state index contributed by atoms with van der Waals surface area (Å²) in [4.78, 5) is 18.5. The van der Waals surface area contributed by atoms with E-state index in [4.69, 9.17) is 11.6 Å². The minimum Gasteiger partial charge on any atom is -0.337 e. The summed E-state index contributed by atoms with van der Waals surface area (Å²) in [5.41, 5.74) is 0.977. The number of carbonyl (C=O) groups excluding carboxylic acids is 1. The van der Waals surface area contributed by atoms with Gasteiger partial charge in [-0.1, -0.05) is 37.6 Å². The molecule has 0 radical (unpaired) electrons. The van der Waals surface area contributed by atoms with Crippen molar-refractivity contribution in [1.82, 2.24) is 19.7 Å². The van der Waals surface area contributed by atoms with Gasteiger partial charge in [0.2, 0.25) is 0 Å². The molecule has 1 aromatic carbocycles. The first-order chi connectivity index (χ1) is 14.1. The molecule has 0 fully saturated rings. The lowest BCUT2D eigenvalue weighted by molar-refractivity contribution is -0.137. The zero-order valence-corrected chi connectivity index (χ0v) is 17.4. The van der Waals surface area contributed by atoms with Gasteiger partial charge in [-0.3, -0.25) is 4.79 Å². The van der Waals surface area contributed by atoms with Crippen LogP contribution in [0.15, 0.2) is 48.8 Å². The van der Waals surface area contributed by atoms with Crippen LogP contribution in [0, 0.1) is 0 Å². The minimum absolute atomic E-state index is 0.116. The number of hydrogen-bond acceptors (Lipinski definition) is 3. The van der Waals surface area contributed by atoms with Crippen LogP contribution in [0.4, 0.5) is 13.2 Å². The average Bonchev–Trinajstić information content (AvgIpc) is 3.12. The molecule has 3 aromatic rings. The Morgan fingerprint density at radius 2 is 1.93 bits per heavy atom. The zero-order chi connectivity index (χ0) is 22.1. The topological polar surface area (TPSA) is 51.0 Å². The van der Waals surface area contributed by atoms with Gasteiger partial charge in [-0.15, -0.1) is 0 Å². The van der Waals surface area contributed by atoms with Crippen LogP contribution in [0.2, 0.25) is 5.02 Å². The molecule has 2 aromatic heterocycles. The Morgan fingerprint density at radius 1 is 1.20 bits per heavy atom. The second kappa shape index (κ2) is 8.47. The van der Waals surface area contributed by atoms with Crippen LogP contribution in [-0.2, 0) is 12.7 Å². The minimum atomic E-state index is -4.47. The molecule has 0 aliphatic carbocycles. The van der Waals surface area contributed by atoms with E-state index in [1.807, 2.05) is 26.0 Å². The highest BCUT2D eigenvalue weighted by molar-refractivity contribution is 6.30. The van der Waals surface area contributed by atoms with E-state index in [9.17, 15) is 18.0 Å². The van der Waals surface area contributed by atoms with Crippen LogP contribution in [0.3, 0.4) is 0 Å². The van der Waals surface area contributed by atoms with E-state index in [0.717, 1.165) is 17.8 Å². The van der Waals surface area contributed by atoms with E-state index >= 15 is 0 Å². The number of pyridine rings is 1. The summed E-state index contributed by atoms with van der Waals surface area (Å²) in [7, 11) is 1.67. The normalized spacial score (nSPS) is 11.7. The largest absolute Gasteiger partial charge is 0.417 e. The molecule has 2 heterocycles. The SMILES string of the molecule is CC(C)c1c(C(=O)N(C)Cc2cccc(Cl)c2)cnn1-c1ccc(C(F)(F)F)cn1. The maximum absolute atomic E-state index is 13.1. The summed E-state index contributed by atoms with van der Waals surface area (Å²) in [6, 6.07) is 9.40. The lowest BCUT2D eigenvalue weighted by Crippen LogP contribution is -2.27. The molecule has 0 saturated carbocycles. The Kier molecular flexibility index (Phi) is 6.17. The van der Waals surface area contributed by atoms with E-state index in [1.54, 1.807) is 24.1 Å². The first kappa shape index (κ1) is 21.8. The number of rotatable bonds is 5. The van der Waals surface area contributed by atoms with Crippen LogP contribution < -0.4 is 0 Å². The number of carbonyl (C=O) groups is 1. The fourth-order valence-corrected chi connectivity index (χ4v) is 3.34. The molecule has 0 bridgehead atoms. The van der Waals surface area contributed by atoms with E-state index in [2.05, 4.69) is 10.1 Å². The summed E-state index contributed by atoms with van der Waals surface area (Å²) < 4.78 is 39.8. The number of nitrogens with zero attached hydrogens (tertiary/aromatic N) is 4. The van der Waals surface area contributed by atoms with Gasteiger partial charge in [0.15, 0.2) is 5.82 Å². The van der Waals surface area contributed by atoms with Gasteiger partial charge < -0.3 is 4.90 Å². The van der Waals surface area contributed by atoms with Crippen LogP contribution >= 0.6 is 11.6 Å². The first-order valence-corrected chi connectivity index (χ1v) is 9.57. The molecule has 0 aliphatic heterocycles. The van der Waals surface area contributed by atoms with Crippen LogP contribution in [0.1, 0.15) is 46.9 Å². The molecule has 158 valence electrons. The Labute approximate surface area is 177 Å². The summed E-state index contributed by atoms with van der Waals surface area (Å²) in [5.74, 6) is -0.157. The maximum Gasteiger partial charge on any atom is 0.417 e. The number of benzene rings is 1. The van der Waals surface area contributed by atoms with Crippen molar-refractivity contribution in [3.05, 3.63) is 76.2 Å². The maximum atomic E-state index is 13.1. The predicted molar refractivity (Wildman–Crippen MR) is 108 cm³/mol. The van der Waals surface area contributed by atoms with Gasteiger partial charge in [0.05, 0.1) is 23.0 Å². The highest BCUT2D eigenvalue weighted by Gasteiger charge is 2.31. The number of alkyl halides is 3. The molecule has 0 N–H and O–H groups in total. The molecule has 0 aliphatic rings. The smallest absolute Gasteiger partial charge is 0.337 e. The van der Waals surface area contributed by atoms with Crippen molar-refractivity contribution in [3.63, 3.8) is 0 Å². The Bertz CT molecular complexity index is 1050. The zero-order valence-electron chi connectivity index (χ0n) is 16.6. The van der Waals surface area contributed by atoms with Gasteiger partial charge in [-0.25, -0.2) is 9.67 Å². The van der Waals surface area contributed by atoms with Crippen LogP contribution in [0.5, 0.6) is 0 Å². The number of aromatic nitrogens is 3.